The second kappa shape index (κ2) is 6.55. The minimum atomic E-state index is 0.193. The van der Waals surface area contributed by atoms with Crippen LogP contribution in [0.1, 0.15) is 32.1 Å². The van der Waals surface area contributed by atoms with E-state index in [1.165, 1.54) is 0 Å². The van der Waals surface area contributed by atoms with Gasteiger partial charge in [-0.05, 0) is 44.5 Å². The molecule has 0 aliphatic heterocycles. The van der Waals surface area contributed by atoms with Gasteiger partial charge in [0.15, 0.2) is 0 Å². The van der Waals surface area contributed by atoms with E-state index >= 15 is 0 Å². The van der Waals surface area contributed by atoms with Crippen molar-refractivity contribution >= 4 is 26.9 Å². The van der Waals surface area contributed by atoms with Crippen molar-refractivity contribution in [3.8, 4) is 0 Å². The zero-order valence-electron chi connectivity index (χ0n) is 11.6. The molecule has 1 N–H and O–H groups in total. The maximum absolute atomic E-state index is 5.88. The summed E-state index contributed by atoms with van der Waals surface area (Å²) in [4.78, 5) is 0. The molecule has 1 aromatic heterocycles. The summed E-state index contributed by atoms with van der Waals surface area (Å²) in [6.45, 7) is 5.05. The number of ether oxygens (including phenoxy) is 1. The van der Waals surface area contributed by atoms with Gasteiger partial charge in [0.05, 0.1) is 6.04 Å². The summed E-state index contributed by atoms with van der Waals surface area (Å²) in [6.07, 6.45) is 0.993. The molecular weight excluding hydrogens is 306 g/mol. The van der Waals surface area contributed by atoms with Crippen molar-refractivity contribution in [3.05, 3.63) is 34.5 Å². The van der Waals surface area contributed by atoms with Crippen LogP contribution in [-0.4, -0.2) is 19.8 Å². The third-order valence-corrected chi connectivity index (χ3v) is 3.71. The fourth-order valence-electron chi connectivity index (χ4n) is 2.14. The molecule has 0 aliphatic carbocycles. The average molecular weight is 326 g/mol. The molecule has 4 heteroatoms. The van der Waals surface area contributed by atoms with Crippen LogP contribution in [0.3, 0.4) is 0 Å². The first-order valence-electron chi connectivity index (χ1n) is 6.54. The monoisotopic (exact) mass is 325 g/mol. The lowest BCUT2D eigenvalue weighted by atomic mass is 10.1. The molecule has 3 nitrogen and oxygen atoms in total. The lowest BCUT2D eigenvalue weighted by Crippen LogP contribution is -2.29. The molecule has 104 valence electrons. The number of hydrogen-bond donors (Lipinski definition) is 1. The largest absolute Gasteiger partial charge is 0.459 e. The van der Waals surface area contributed by atoms with Crippen LogP contribution >= 0.6 is 15.9 Å². The Balaban J connectivity index is 2.06. The molecule has 0 spiro atoms. The Labute approximate surface area is 122 Å². The number of furan rings is 1. The van der Waals surface area contributed by atoms with Gasteiger partial charge >= 0.3 is 0 Å². The van der Waals surface area contributed by atoms with Gasteiger partial charge in [-0.15, -0.1) is 0 Å². The molecule has 0 radical (unpaired) electrons. The summed E-state index contributed by atoms with van der Waals surface area (Å²) in [5.74, 6) is 0.970. The molecule has 2 aromatic rings. The molecule has 19 heavy (non-hydrogen) atoms. The third-order valence-electron chi connectivity index (χ3n) is 3.21. The van der Waals surface area contributed by atoms with Crippen LogP contribution in [0.5, 0.6) is 0 Å². The molecule has 2 rings (SSSR count). The highest BCUT2D eigenvalue weighted by Crippen LogP contribution is 2.26. The summed E-state index contributed by atoms with van der Waals surface area (Å²) in [5, 5.41) is 4.65. The Morgan fingerprint density at radius 2 is 2.11 bits per heavy atom. The van der Waals surface area contributed by atoms with Gasteiger partial charge in [0.25, 0.3) is 0 Å². The van der Waals surface area contributed by atoms with Gasteiger partial charge in [-0.2, -0.15) is 0 Å². The molecule has 1 heterocycles. The van der Waals surface area contributed by atoms with E-state index in [1.807, 2.05) is 12.1 Å². The first-order chi connectivity index (χ1) is 9.10. The maximum Gasteiger partial charge on any atom is 0.134 e. The quantitative estimate of drug-likeness (QED) is 0.861. The first-order valence-corrected chi connectivity index (χ1v) is 7.33. The predicted octanol–water partition coefficient (Wildman–Crippen LogP) is 4.27. The van der Waals surface area contributed by atoms with Crippen molar-refractivity contribution in [2.45, 2.75) is 32.4 Å². The first kappa shape index (κ1) is 14.6. The highest BCUT2D eigenvalue weighted by molar-refractivity contribution is 9.10. The smallest absolute Gasteiger partial charge is 0.134 e. The van der Waals surface area contributed by atoms with Gasteiger partial charge in [0.1, 0.15) is 11.3 Å². The van der Waals surface area contributed by atoms with Crippen LogP contribution in [0.25, 0.3) is 11.0 Å². The molecule has 2 unspecified atom stereocenters. The van der Waals surface area contributed by atoms with Crippen molar-refractivity contribution < 1.29 is 9.15 Å². The van der Waals surface area contributed by atoms with Crippen molar-refractivity contribution in [3.63, 3.8) is 0 Å². The minimum Gasteiger partial charge on any atom is -0.459 e. The number of hydrogen-bond acceptors (Lipinski definition) is 3. The number of rotatable bonds is 6. The average Bonchev–Trinajstić information content (AvgIpc) is 2.79. The zero-order chi connectivity index (χ0) is 13.8. The topological polar surface area (TPSA) is 34.4 Å². The van der Waals surface area contributed by atoms with Crippen LogP contribution in [0.4, 0.5) is 0 Å². The molecule has 0 aliphatic rings. The number of halogens is 1. The van der Waals surface area contributed by atoms with Gasteiger partial charge in [0, 0.05) is 29.6 Å². The van der Waals surface area contributed by atoms with E-state index in [0.29, 0.717) is 6.04 Å². The highest BCUT2D eigenvalue weighted by atomic mass is 79.9. The summed E-state index contributed by atoms with van der Waals surface area (Å²) < 4.78 is 12.0. The van der Waals surface area contributed by atoms with Crippen LogP contribution < -0.4 is 5.32 Å². The van der Waals surface area contributed by atoms with E-state index < -0.39 is 0 Å². The Kier molecular flexibility index (Phi) is 5.02. The van der Waals surface area contributed by atoms with Crippen LogP contribution in [-0.2, 0) is 4.74 Å². The van der Waals surface area contributed by atoms with Crippen molar-refractivity contribution in [2.24, 2.45) is 0 Å². The zero-order valence-corrected chi connectivity index (χ0v) is 13.2. The predicted molar refractivity (Wildman–Crippen MR) is 81.4 cm³/mol. The Hall–Kier alpha value is -0.840. The molecule has 0 amide bonds. The van der Waals surface area contributed by atoms with E-state index in [-0.39, 0.29) is 6.04 Å². The standard InChI is InChI=1S/C15H20BrNO2/c1-10(6-7-18-3)17-11(2)15-9-12-8-13(16)4-5-14(12)19-15/h4-5,8-11,17H,6-7H2,1-3H3. The van der Waals surface area contributed by atoms with E-state index in [2.05, 4.69) is 47.2 Å². The minimum absolute atomic E-state index is 0.193. The summed E-state index contributed by atoms with van der Waals surface area (Å²) >= 11 is 3.48. The molecule has 2 atom stereocenters. The lowest BCUT2D eigenvalue weighted by molar-refractivity contribution is 0.182. The molecule has 1 aromatic carbocycles. The molecule has 0 saturated carbocycles. The van der Waals surface area contributed by atoms with E-state index in [0.717, 1.165) is 34.2 Å². The van der Waals surface area contributed by atoms with Gasteiger partial charge in [-0.1, -0.05) is 15.9 Å². The molecular formula is C15H20BrNO2. The lowest BCUT2D eigenvalue weighted by Gasteiger charge is -2.17. The third kappa shape index (κ3) is 3.81. The van der Waals surface area contributed by atoms with E-state index in [4.69, 9.17) is 9.15 Å². The number of benzene rings is 1. The van der Waals surface area contributed by atoms with Gasteiger partial charge in [-0.3, -0.25) is 0 Å². The van der Waals surface area contributed by atoms with Gasteiger partial charge in [-0.25, -0.2) is 0 Å². The van der Waals surface area contributed by atoms with Gasteiger partial charge in [0.2, 0.25) is 0 Å². The number of fused-ring (bicyclic) bond motifs is 1. The van der Waals surface area contributed by atoms with Crippen molar-refractivity contribution in [1.82, 2.24) is 5.32 Å². The summed E-state index contributed by atoms with van der Waals surface area (Å²) in [6, 6.07) is 8.75. The maximum atomic E-state index is 5.88. The fraction of sp³-hybridized carbons (Fsp3) is 0.467. The fourth-order valence-corrected chi connectivity index (χ4v) is 2.51. The summed E-state index contributed by atoms with van der Waals surface area (Å²) in [7, 11) is 1.73. The SMILES string of the molecule is COCCC(C)NC(C)c1cc2cc(Br)ccc2o1. The molecule has 0 fully saturated rings. The highest BCUT2D eigenvalue weighted by Gasteiger charge is 2.14. The Morgan fingerprint density at radius 1 is 1.32 bits per heavy atom. The summed E-state index contributed by atoms with van der Waals surface area (Å²) in [5.41, 5.74) is 0.927. The van der Waals surface area contributed by atoms with Gasteiger partial charge < -0.3 is 14.5 Å². The molecule has 0 saturated heterocycles. The Bertz CT molecular complexity index is 538. The molecule has 0 bridgehead atoms. The second-order valence-corrected chi connectivity index (χ2v) is 5.82. The van der Waals surface area contributed by atoms with Crippen LogP contribution in [0.15, 0.2) is 33.2 Å². The number of methoxy groups -OCH3 is 1. The van der Waals surface area contributed by atoms with E-state index in [9.17, 15) is 0 Å². The van der Waals surface area contributed by atoms with Crippen LogP contribution in [0, 0.1) is 0 Å². The van der Waals surface area contributed by atoms with Crippen LogP contribution in [0.2, 0.25) is 0 Å². The van der Waals surface area contributed by atoms with E-state index in [1.54, 1.807) is 7.11 Å². The normalized spacial score (nSPS) is 14.7. The van der Waals surface area contributed by atoms with Crippen molar-refractivity contribution in [2.75, 3.05) is 13.7 Å². The second-order valence-electron chi connectivity index (χ2n) is 4.90. The number of nitrogens with one attached hydrogen (secondary N) is 1. The van der Waals surface area contributed by atoms with Crippen molar-refractivity contribution in [1.29, 1.82) is 0 Å². The Morgan fingerprint density at radius 3 is 2.84 bits per heavy atom.